The van der Waals surface area contributed by atoms with Crippen molar-refractivity contribution in [2.75, 3.05) is 20.2 Å². The van der Waals surface area contributed by atoms with Gasteiger partial charge in [0.25, 0.3) is 0 Å². The van der Waals surface area contributed by atoms with E-state index in [2.05, 4.69) is 5.32 Å². The first-order valence-electron chi connectivity index (χ1n) is 6.81. The summed E-state index contributed by atoms with van der Waals surface area (Å²) >= 11 is 0. The lowest BCUT2D eigenvalue weighted by Crippen LogP contribution is -2.39. The standard InChI is InChI=1S/C15H23FN2O2/c1-5-18(15(19)9-17-11(2)3)10-12-6-7-14(20-4)13(16)8-12/h6-8,11,17H,5,9-10H2,1-4H3. The van der Waals surface area contributed by atoms with Gasteiger partial charge < -0.3 is 15.0 Å². The quantitative estimate of drug-likeness (QED) is 0.833. The molecule has 0 atom stereocenters. The molecule has 1 aromatic carbocycles. The zero-order valence-electron chi connectivity index (χ0n) is 12.6. The number of halogens is 1. The van der Waals surface area contributed by atoms with Crippen LogP contribution in [0.5, 0.6) is 5.75 Å². The zero-order chi connectivity index (χ0) is 15.1. The zero-order valence-corrected chi connectivity index (χ0v) is 12.6. The van der Waals surface area contributed by atoms with Gasteiger partial charge in [0, 0.05) is 19.1 Å². The predicted molar refractivity (Wildman–Crippen MR) is 77.2 cm³/mol. The molecule has 0 saturated heterocycles. The number of benzene rings is 1. The molecule has 0 aliphatic carbocycles. The number of methoxy groups -OCH3 is 1. The number of hydrogen-bond donors (Lipinski definition) is 1. The summed E-state index contributed by atoms with van der Waals surface area (Å²) in [6, 6.07) is 5.02. The summed E-state index contributed by atoms with van der Waals surface area (Å²) in [7, 11) is 1.43. The summed E-state index contributed by atoms with van der Waals surface area (Å²) < 4.78 is 18.5. The van der Waals surface area contributed by atoms with Gasteiger partial charge >= 0.3 is 0 Å². The Kier molecular flexibility index (Phi) is 6.45. The Labute approximate surface area is 119 Å². The van der Waals surface area contributed by atoms with Gasteiger partial charge in [-0.3, -0.25) is 4.79 Å². The summed E-state index contributed by atoms with van der Waals surface area (Å²) in [6.45, 7) is 7.17. The Bertz CT molecular complexity index is 449. The summed E-state index contributed by atoms with van der Waals surface area (Å²) in [6.07, 6.45) is 0. The highest BCUT2D eigenvalue weighted by atomic mass is 19.1. The van der Waals surface area contributed by atoms with Crippen molar-refractivity contribution in [3.8, 4) is 5.75 Å². The molecule has 0 spiro atoms. The van der Waals surface area contributed by atoms with Gasteiger partial charge in [0.15, 0.2) is 11.6 Å². The van der Waals surface area contributed by atoms with Gasteiger partial charge in [0.2, 0.25) is 5.91 Å². The third-order valence-electron chi connectivity index (χ3n) is 2.99. The Morgan fingerprint density at radius 2 is 2.15 bits per heavy atom. The number of nitrogens with zero attached hydrogens (tertiary/aromatic N) is 1. The monoisotopic (exact) mass is 282 g/mol. The molecule has 1 amide bonds. The molecule has 1 rings (SSSR count). The van der Waals surface area contributed by atoms with E-state index in [1.54, 1.807) is 17.0 Å². The normalized spacial score (nSPS) is 10.7. The van der Waals surface area contributed by atoms with E-state index >= 15 is 0 Å². The fraction of sp³-hybridized carbons (Fsp3) is 0.533. The third-order valence-corrected chi connectivity index (χ3v) is 2.99. The lowest BCUT2D eigenvalue weighted by Gasteiger charge is -2.22. The van der Waals surface area contributed by atoms with E-state index in [4.69, 9.17) is 4.74 Å². The number of amides is 1. The van der Waals surface area contributed by atoms with Gasteiger partial charge in [-0.15, -0.1) is 0 Å². The van der Waals surface area contributed by atoms with E-state index in [1.807, 2.05) is 20.8 Å². The van der Waals surface area contributed by atoms with Crippen LogP contribution in [-0.2, 0) is 11.3 Å². The second-order valence-corrected chi connectivity index (χ2v) is 4.91. The minimum absolute atomic E-state index is 0.0115. The molecule has 1 N–H and O–H groups in total. The maximum Gasteiger partial charge on any atom is 0.236 e. The first-order valence-corrected chi connectivity index (χ1v) is 6.81. The molecule has 0 aliphatic heterocycles. The van der Waals surface area contributed by atoms with Crippen molar-refractivity contribution in [3.05, 3.63) is 29.6 Å². The fourth-order valence-corrected chi connectivity index (χ4v) is 1.81. The molecular formula is C15H23FN2O2. The number of ether oxygens (including phenoxy) is 1. The van der Waals surface area contributed by atoms with Crippen LogP contribution in [-0.4, -0.2) is 37.0 Å². The average Bonchev–Trinajstić information content (AvgIpc) is 2.42. The molecule has 1 aromatic rings. The second kappa shape index (κ2) is 7.85. The van der Waals surface area contributed by atoms with Crippen molar-refractivity contribution in [3.63, 3.8) is 0 Å². The first-order chi connectivity index (χ1) is 9.47. The smallest absolute Gasteiger partial charge is 0.236 e. The van der Waals surface area contributed by atoms with Gasteiger partial charge in [0.1, 0.15) is 0 Å². The summed E-state index contributed by atoms with van der Waals surface area (Å²) in [5.41, 5.74) is 0.753. The van der Waals surface area contributed by atoms with Crippen LogP contribution in [0.3, 0.4) is 0 Å². The molecule has 0 bridgehead atoms. The van der Waals surface area contributed by atoms with Crippen LogP contribution in [0, 0.1) is 5.82 Å². The van der Waals surface area contributed by atoms with Gasteiger partial charge in [-0.25, -0.2) is 4.39 Å². The molecular weight excluding hydrogens is 259 g/mol. The second-order valence-electron chi connectivity index (χ2n) is 4.91. The van der Waals surface area contributed by atoms with Gasteiger partial charge in [-0.05, 0) is 24.6 Å². The lowest BCUT2D eigenvalue weighted by molar-refractivity contribution is -0.130. The van der Waals surface area contributed by atoms with Crippen molar-refractivity contribution in [2.24, 2.45) is 0 Å². The molecule has 20 heavy (non-hydrogen) atoms. The number of carbonyl (C=O) groups is 1. The van der Waals surface area contributed by atoms with Crippen molar-refractivity contribution >= 4 is 5.91 Å². The molecule has 0 radical (unpaired) electrons. The predicted octanol–water partition coefficient (Wildman–Crippen LogP) is 2.18. The molecule has 0 aromatic heterocycles. The Morgan fingerprint density at radius 3 is 2.65 bits per heavy atom. The topological polar surface area (TPSA) is 41.6 Å². The fourth-order valence-electron chi connectivity index (χ4n) is 1.81. The molecule has 0 unspecified atom stereocenters. The Hall–Kier alpha value is -1.62. The number of likely N-dealkylation sites (N-methyl/N-ethyl adjacent to an activating group) is 1. The molecule has 4 nitrogen and oxygen atoms in total. The highest BCUT2D eigenvalue weighted by Crippen LogP contribution is 2.18. The summed E-state index contributed by atoms with van der Waals surface area (Å²) in [4.78, 5) is 13.7. The molecule has 0 aliphatic rings. The highest BCUT2D eigenvalue weighted by molar-refractivity contribution is 5.78. The average molecular weight is 282 g/mol. The minimum Gasteiger partial charge on any atom is -0.494 e. The highest BCUT2D eigenvalue weighted by Gasteiger charge is 2.13. The van der Waals surface area contributed by atoms with Crippen LogP contribution in [0.1, 0.15) is 26.3 Å². The molecule has 0 saturated carbocycles. The third kappa shape index (κ3) is 4.81. The van der Waals surface area contributed by atoms with Crippen LogP contribution in [0.15, 0.2) is 18.2 Å². The Morgan fingerprint density at radius 1 is 1.45 bits per heavy atom. The van der Waals surface area contributed by atoms with Crippen LogP contribution in [0.2, 0.25) is 0 Å². The summed E-state index contributed by atoms with van der Waals surface area (Å²) in [5.74, 6) is -0.184. The number of nitrogens with one attached hydrogen (secondary N) is 1. The van der Waals surface area contributed by atoms with E-state index in [0.717, 1.165) is 5.56 Å². The van der Waals surface area contributed by atoms with Crippen LogP contribution in [0.4, 0.5) is 4.39 Å². The van der Waals surface area contributed by atoms with Crippen LogP contribution < -0.4 is 10.1 Å². The molecule has 0 heterocycles. The van der Waals surface area contributed by atoms with E-state index in [0.29, 0.717) is 19.6 Å². The number of hydrogen-bond acceptors (Lipinski definition) is 3. The molecule has 0 fully saturated rings. The van der Waals surface area contributed by atoms with Gasteiger partial charge in [-0.2, -0.15) is 0 Å². The van der Waals surface area contributed by atoms with Crippen molar-refractivity contribution in [2.45, 2.75) is 33.4 Å². The van der Waals surface area contributed by atoms with Crippen molar-refractivity contribution < 1.29 is 13.9 Å². The SMILES string of the molecule is CCN(Cc1ccc(OC)c(F)c1)C(=O)CNC(C)C. The Balaban J connectivity index is 2.68. The van der Waals surface area contributed by atoms with Crippen LogP contribution >= 0.6 is 0 Å². The number of rotatable bonds is 7. The van der Waals surface area contributed by atoms with E-state index < -0.39 is 5.82 Å². The van der Waals surface area contributed by atoms with E-state index in [9.17, 15) is 9.18 Å². The van der Waals surface area contributed by atoms with E-state index in [1.165, 1.54) is 13.2 Å². The maximum absolute atomic E-state index is 13.6. The number of carbonyl (C=O) groups excluding carboxylic acids is 1. The molecule has 112 valence electrons. The van der Waals surface area contributed by atoms with Gasteiger partial charge in [0.05, 0.1) is 13.7 Å². The van der Waals surface area contributed by atoms with Crippen LogP contribution in [0.25, 0.3) is 0 Å². The van der Waals surface area contributed by atoms with Crippen molar-refractivity contribution in [1.82, 2.24) is 10.2 Å². The van der Waals surface area contributed by atoms with Crippen molar-refractivity contribution in [1.29, 1.82) is 0 Å². The van der Waals surface area contributed by atoms with Gasteiger partial charge in [-0.1, -0.05) is 19.9 Å². The summed E-state index contributed by atoms with van der Waals surface area (Å²) in [5, 5.41) is 3.09. The molecule has 5 heteroatoms. The maximum atomic E-state index is 13.6. The lowest BCUT2D eigenvalue weighted by atomic mass is 10.2. The largest absolute Gasteiger partial charge is 0.494 e. The van der Waals surface area contributed by atoms with E-state index in [-0.39, 0.29) is 17.7 Å². The first kappa shape index (κ1) is 16.4. The minimum atomic E-state index is -0.409.